The van der Waals surface area contributed by atoms with E-state index in [9.17, 15) is 14.4 Å². The molecule has 1 saturated carbocycles. The van der Waals surface area contributed by atoms with Crippen LogP contribution in [0.1, 0.15) is 111 Å². The molecule has 3 rings (SSSR count). The summed E-state index contributed by atoms with van der Waals surface area (Å²) in [7, 11) is 1.41. The number of likely N-dealkylation sites (tertiary alicyclic amines) is 1. The molecule has 1 saturated heterocycles. The van der Waals surface area contributed by atoms with E-state index >= 15 is 0 Å². The lowest BCUT2D eigenvalue weighted by atomic mass is 9.66. The Morgan fingerprint density at radius 3 is 2.50 bits per heavy atom. The Balaban J connectivity index is 1.88. The number of hydrogen-bond donors (Lipinski definition) is 1. The van der Waals surface area contributed by atoms with E-state index < -0.39 is 17.4 Å². The van der Waals surface area contributed by atoms with Gasteiger partial charge in [-0.2, -0.15) is 0 Å². The molecule has 0 bridgehead atoms. The van der Waals surface area contributed by atoms with Crippen molar-refractivity contribution in [2.45, 2.75) is 123 Å². The Morgan fingerprint density at radius 1 is 1.16 bits per heavy atom. The highest BCUT2D eigenvalue weighted by Gasteiger charge is 2.59. The van der Waals surface area contributed by atoms with E-state index in [-0.39, 0.29) is 36.7 Å². The van der Waals surface area contributed by atoms with Crippen molar-refractivity contribution in [3.63, 3.8) is 0 Å². The molecule has 1 aliphatic carbocycles. The van der Waals surface area contributed by atoms with Crippen LogP contribution in [-0.4, -0.2) is 55.1 Å². The Morgan fingerprint density at radius 2 is 1.84 bits per heavy atom. The molecule has 0 spiro atoms. The van der Waals surface area contributed by atoms with Gasteiger partial charge in [-0.3, -0.25) is 14.4 Å². The van der Waals surface area contributed by atoms with E-state index in [1.807, 2.05) is 11.8 Å². The van der Waals surface area contributed by atoms with Gasteiger partial charge in [0.15, 0.2) is 0 Å². The van der Waals surface area contributed by atoms with Crippen molar-refractivity contribution in [3.05, 3.63) is 11.8 Å². The van der Waals surface area contributed by atoms with Crippen LogP contribution in [0.2, 0.25) is 0 Å². The summed E-state index contributed by atoms with van der Waals surface area (Å²) in [6, 6.07) is 0. The van der Waals surface area contributed by atoms with Crippen LogP contribution in [0.15, 0.2) is 11.8 Å². The number of unbranched alkanes of at least 4 members (excludes halogenated alkanes) is 5. The first-order valence-electron chi connectivity index (χ1n) is 15.3. The lowest BCUT2D eigenvalue weighted by Gasteiger charge is -2.52. The number of nitrogens with one attached hydrogen (secondary N) is 1. The van der Waals surface area contributed by atoms with Gasteiger partial charge in [-0.15, -0.1) is 0 Å². The number of esters is 1. The van der Waals surface area contributed by atoms with Crippen molar-refractivity contribution in [3.8, 4) is 0 Å². The Kier molecular flexibility index (Phi) is 11.7. The van der Waals surface area contributed by atoms with E-state index in [0.29, 0.717) is 24.9 Å². The predicted molar refractivity (Wildman–Crippen MR) is 149 cm³/mol. The molecule has 0 aromatic carbocycles. The Labute approximate surface area is 230 Å². The van der Waals surface area contributed by atoms with Gasteiger partial charge in [0.2, 0.25) is 11.8 Å². The number of fused-ring (bicyclic) bond motifs is 1. The predicted octanol–water partition coefficient (Wildman–Crippen LogP) is 5.77. The molecule has 2 aliphatic heterocycles. The van der Waals surface area contributed by atoms with E-state index in [1.54, 1.807) is 0 Å². The quantitative estimate of drug-likeness (QED) is 0.227. The fraction of sp³-hybridized carbons (Fsp3) is 0.839. The summed E-state index contributed by atoms with van der Waals surface area (Å²) >= 11 is 0. The summed E-state index contributed by atoms with van der Waals surface area (Å²) in [6.45, 7) is 9.55. The number of rotatable bonds is 14. The number of carbonyl (C=O) groups is 3. The zero-order chi connectivity index (χ0) is 27.7. The molecule has 0 radical (unpaired) electrons. The molecular weight excluding hydrogens is 480 g/mol. The Bertz CT molecular complexity index is 834. The molecule has 2 heterocycles. The molecule has 7 heteroatoms. The first kappa shape index (κ1) is 30.6. The first-order chi connectivity index (χ1) is 18.2. The first-order valence-corrected chi connectivity index (χ1v) is 15.3. The number of nitrogens with zero attached hydrogens (tertiary/aromatic N) is 1. The third-order valence-electron chi connectivity index (χ3n) is 8.93. The molecule has 2 fully saturated rings. The smallest absolute Gasteiger partial charge is 0.320 e. The maximum Gasteiger partial charge on any atom is 0.320 e. The lowest BCUT2D eigenvalue weighted by molar-refractivity contribution is -0.177. The molecule has 7 nitrogen and oxygen atoms in total. The highest BCUT2D eigenvalue weighted by Crippen LogP contribution is 2.51. The topological polar surface area (TPSA) is 84.9 Å². The van der Waals surface area contributed by atoms with Gasteiger partial charge in [0, 0.05) is 31.1 Å². The summed E-state index contributed by atoms with van der Waals surface area (Å²) in [5, 5.41) is 2.98. The van der Waals surface area contributed by atoms with Gasteiger partial charge in [-0.05, 0) is 56.9 Å². The molecule has 0 unspecified atom stereocenters. The van der Waals surface area contributed by atoms with Crippen LogP contribution in [0.3, 0.4) is 0 Å². The number of methoxy groups -OCH3 is 1. The highest BCUT2D eigenvalue weighted by molar-refractivity contribution is 5.92. The van der Waals surface area contributed by atoms with Gasteiger partial charge in [-0.1, -0.05) is 65.7 Å². The monoisotopic (exact) mass is 532 g/mol. The zero-order valence-electron chi connectivity index (χ0n) is 24.6. The van der Waals surface area contributed by atoms with Crippen molar-refractivity contribution in [1.82, 2.24) is 10.2 Å². The molecule has 216 valence electrons. The fourth-order valence-corrected chi connectivity index (χ4v) is 6.63. The van der Waals surface area contributed by atoms with Crippen molar-refractivity contribution < 1.29 is 23.9 Å². The van der Waals surface area contributed by atoms with Crippen LogP contribution in [0.4, 0.5) is 0 Å². The van der Waals surface area contributed by atoms with E-state index in [2.05, 4.69) is 32.2 Å². The second kappa shape index (κ2) is 14.5. The summed E-state index contributed by atoms with van der Waals surface area (Å²) in [6.07, 6.45) is 14.0. The maximum absolute atomic E-state index is 14.0. The molecule has 3 aliphatic rings. The average Bonchev–Trinajstić information content (AvgIpc) is 3.42. The van der Waals surface area contributed by atoms with Crippen molar-refractivity contribution >= 4 is 17.8 Å². The van der Waals surface area contributed by atoms with Crippen LogP contribution in [0.25, 0.3) is 0 Å². The number of piperidine rings is 1. The molecule has 1 N–H and O–H groups in total. The van der Waals surface area contributed by atoms with Crippen LogP contribution in [0, 0.1) is 23.2 Å². The molecule has 2 amide bonds. The van der Waals surface area contributed by atoms with E-state index in [4.69, 9.17) is 9.47 Å². The SMILES string of the molecule is CCCCCCCCN1C(=O)[C@@H](CC(=O)NCCC(C)C)C[C@@]2(C(=O)OC)C1=C[C@H](C1CCCC1)O[C@@H]2C. The van der Waals surface area contributed by atoms with Gasteiger partial charge in [0.25, 0.3) is 0 Å². The Hall–Kier alpha value is -1.89. The van der Waals surface area contributed by atoms with E-state index in [1.165, 1.54) is 39.2 Å². The van der Waals surface area contributed by atoms with Crippen LogP contribution in [-0.2, 0) is 23.9 Å². The van der Waals surface area contributed by atoms with Crippen molar-refractivity contribution in [1.29, 1.82) is 0 Å². The maximum atomic E-state index is 14.0. The number of hydrogen-bond acceptors (Lipinski definition) is 5. The third kappa shape index (κ3) is 7.19. The van der Waals surface area contributed by atoms with Crippen molar-refractivity contribution in [2.24, 2.45) is 23.2 Å². The minimum Gasteiger partial charge on any atom is -0.468 e. The molecular formula is C31H52N2O5. The second-order valence-electron chi connectivity index (χ2n) is 12.2. The van der Waals surface area contributed by atoms with Gasteiger partial charge in [-0.25, -0.2) is 0 Å². The van der Waals surface area contributed by atoms with Gasteiger partial charge < -0.3 is 19.7 Å². The third-order valence-corrected chi connectivity index (χ3v) is 8.93. The summed E-state index contributed by atoms with van der Waals surface area (Å²) in [5.41, 5.74) is -0.321. The zero-order valence-corrected chi connectivity index (χ0v) is 24.6. The number of carbonyl (C=O) groups excluding carboxylic acids is 3. The molecule has 38 heavy (non-hydrogen) atoms. The van der Waals surface area contributed by atoms with Crippen LogP contribution >= 0.6 is 0 Å². The largest absolute Gasteiger partial charge is 0.468 e. The summed E-state index contributed by atoms with van der Waals surface area (Å²) < 4.78 is 11.9. The normalized spacial score (nSPS) is 27.8. The van der Waals surface area contributed by atoms with E-state index in [0.717, 1.165) is 44.2 Å². The number of amides is 2. The van der Waals surface area contributed by atoms with Gasteiger partial charge in [0.1, 0.15) is 5.41 Å². The number of ether oxygens (including phenoxy) is 2. The minimum atomic E-state index is -1.08. The standard InChI is InChI=1S/C31H52N2O5/c1-6-7-8-9-10-13-18-33-27-20-26(24-14-11-12-15-24)38-23(4)31(27,30(36)37-5)21-25(29(33)35)19-28(34)32-17-16-22(2)3/h20,22-26H,6-19,21H2,1-5H3,(H,32,34)/t23-,25+,26-,31+/m1/s1. The minimum absolute atomic E-state index is 0.0392. The second-order valence-corrected chi connectivity index (χ2v) is 12.2. The fourth-order valence-electron chi connectivity index (χ4n) is 6.63. The van der Waals surface area contributed by atoms with Crippen LogP contribution < -0.4 is 5.32 Å². The molecule has 0 aromatic heterocycles. The van der Waals surface area contributed by atoms with Gasteiger partial charge >= 0.3 is 5.97 Å². The molecule has 0 aromatic rings. The highest BCUT2D eigenvalue weighted by atomic mass is 16.5. The van der Waals surface area contributed by atoms with Crippen LogP contribution in [0.5, 0.6) is 0 Å². The summed E-state index contributed by atoms with van der Waals surface area (Å²) in [5.74, 6) is -0.225. The van der Waals surface area contributed by atoms with Crippen molar-refractivity contribution in [2.75, 3.05) is 20.2 Å². The average molecular weight is 533 g/mol. The van der Waals surface area contributed by atoms with Gasteiger partial charge in [0.05, 0.1) is 19.3 Å². The molecule has 4 atom stereocenters. The summed E-state index contributed by atoms with van der Waals surface area (Å²) in [4.78, 5) is 42.2. The lowest BCUT2D eigenvalue weighted by Crippen LogP contribution is -2.60.